The van der Waals surface area contributed by atoms with E-state index in [1.54, 1.807) is 18.2 Å². The van der Waals surface area contributed by atoms with Gasteiger partial charge < -0.3 is 4.98 Å². The van der Waals surface area contributed by atoms with E-state index in [1.807, 2.05) is 32.2 Å². The van der Waals surface area contributed by atoms with Gasteiger partial charge in [0.15, 0.2) is 0 Å². The molecule has 3 N–H and O–H groups in total. The summed E-state index contributed by atoms with van der Waals surface area (Å²) in [6, 6.07) is 13.9. The Hall–Kier alpha value is -2.55. The molecule has 3 aromatic rings. The van der Waals surface area contributed by atoms with Crippen LogP contribution in [0.3, 0.4) is 0 Å². The highest BCUT2D eigenvalue weighted by molar-refractivity contribution is 7.89. The number of benzene rings is 2. The minimum atomic E-state index is -3.69. The zero-order chi connectivity index (χ0) is 19.6. The lowest BCUT2D eigenvalue weighted by Crippen LogP contribution is -2.26. The van der Waals surface area contributed by atoms with E-state index in [4.69, 9.17) is 5.14 Å². The van der Waals surface area contributed by atoms with E-state index in [9.17, 15) is 13.2 Å². The molecule has 2 aromatic carbocycles. The van der Waals surface area contributed by atoms with Crippen LogP contribution in [0.4, 0.5) is 0 Å². The number of para-hydroxylation sites is 1. The summed E-state index contributed by atoms with van der Waals surface area (Å²) >= 11 is 0. The maximum Gasteiger partial charge on any atom is 0.258 e. The van der Waals surface area contributed by atoms with E-state index in [0.29, 0.717) is 29.7 Å². The van der Waals surface area contributed by atoms with Crippen molar-refractivity contribution in [2.75, 3.05) is 13.6 Å². The van der Waals surface area contributed by atoms with Gasteiger partial charge in [0.05, 0.1) is 15.8 Å². The number of hydrogen-bond acceptors (Lipinski definition) is 5. The Morgan fingerprint density at radius 3 is 2.48 bits per heavy atom. The topological polar surface area (TPSA) is 109 Å². The molecule has 0 amide bonds. The van der Waals surface area contributed by atoms with E-state index < -0.39 is 10.0 Å². The summed E-state index contributed by atoms with van der Waals surface area (Å²) in [6.45, 7) is 2.71. The van der Waals surface area contributed by atoms with Gasteiger partial charge in [-0.3, -0.25) is 9.69 Å². The zero-order valence-electron chi connectivity index (χ0n) is 15.2. The van der Waals surface area contributed by atoms with Crippen molar-refractivity contribution in [1.82, 2.24) is 14.9 Å². The molecule has 0 saturated heterocycles. The number of primary sulfonamides is 1. The smallest absolute Gasteiger partial charge is 0.258 e. The monoisotopic (exact) mass is 386 g/mol. The van der Waals surface area contributed by atoms with Crippen LogP contribution in [0.2, 0.25) is 0 Å². The second-order valence-electron chi connectivity index (χ2n) is 6.55. The number of H-pyrrole nitrogens is 1. The summed E-state index contributed by atoms with van der Waals surface area (Å²) in [7, 11) is -1.72. The van der Waals surface area contributed by atoms with Gasteiger partial charge >= 0.3 is 0 Å². The average Bonchev–Trinajstić information content (AvgIpc) is 2.65. The second kappa shape index (κ2) is 7.59. The van der Waals surface area contributed by atoms with Crippen molar-refractivity contribution < 1.29 is 8.42 Å². The lowest BCUT2D eigenvalue weighted by atomic mass is 10.1. The predicted molar refractivity (Wildman–Crippen MR) is 105 cm³/mol. The van der Waals surface area contributed by atoms with Crippen molar-refractivity contribution in [3.8, 4) is 0 Å². The Kier molecular flexibility index (Phi) is 5.41. The third-order valence-corrected chi connectivity index (χ3v) is 5.64. The van der Waals surface area contributed by atoms with Crippen LogP contribution in [-0.4, -0.2) is 36.9 Å². The molecule has 142 valence electrons. The fourth-order valence-corrected chi connectivity index (χ4v) is 3.44. The first kappa shape index (κ1) is 19.2. The zero-order valence-corrected chi connectivity index (χ0v) is 16.0. The lowest BCUT2D eigenvalue weighted by Gasteiger charge is -2.25. The van der Waals surface area contributed by atoms with Crippen LogP contribution >= 0.6 is 0 Å². The highest BCUT2D eigenvalue weighted by atomic mass is 32.2. The Bertz CT molecular complexity index is 1110. The molecule has 0 aliphatic rings. The maximum absolute atomic E-state index is 12.1. The van der Waals surface area contributed by atoms with Gasteiger partial charge in [-0.25, -0.2) is 18.5 Å². The van der Waals surface area contributed by atoms with E-state index in [-0.39, 0.29) is 16.5 Å². The van der Waals surface area contributed by atoms with Crippen molar-refractivity contribution in [2.45, 2.75) is 24.3 Å². The third kappa shape index (κ3) is 4.41. The number of nitrogens with zero attached hydrogens (tertiary/aromatic N) is 2. The number of nitrogens with two attached hydrogens (primary N) is 1. The molecule has 1 atom stereocenters. The standard InChI is InChI=1S/C19H22N4O3S/c1-13(14-7-9-15(10-8-14)27(20,25)26)23(2)12-11-18-21-17-6-4-3-5-16(17)19(24)22-18/h3-10,13H,11-12H2,1-2H3,(H2,20,25,26)(H,21,22,24). The van der Waals surface area contributed by atoms with E-state index in [2.05, 4.69) is 14.9 Å². The summed E-state index contributed by atoms with van der Waals surface area (Å²) in [5.41, 5.74) is 1.53. The molecule has 3 rings (SSSR count). The van der Waals surface area contributed by atoms with Gasteiger partial charge in [-0.05, 0) is 43.8 Å². The highest BCUT2D eigenvalue weighted by Crippen LogP contribution is 2.20. The van der Waals surface area contributed by atoms with Crippen molar-refractivity contribution in [3.63, 3.8) is 0 Å². The number of rotatable bonds is 6. The number of likely N-dealkylation sites (N-methyl/N-ethyl adjacent to an activating group) is 1. The molecule has 1 unspecified atom stereocenters. The van der Waals surface area contributed by atoms with Gasteiger partial charge in [-0.2, -0.15) is 0 Å². The SMILES string of the molecule is CC(c1ccc(S(N)(=O)=O)cc1)N(C)CCc1nc2ccccc2c(=O)[nH]1. The van der Waals surface area contributed by atoms with Gasteiger partial charge in [-0.1, -0.05) is 24.3 Å². The van der Waals surface area contributed by atoms with Gasteiger partial charge in [0.2, 0.25) is 10.0 Å². The molecular weight excluding hydrogens is 364 g/mol. The minimum absolute atomic E-state index is 0.0618. The van der Waals surface area contributed by atoms with Gasteiger partial charge in [0.25, 0.3) is 5.56 Å². The third-order valence-electron chi connectivity index (χ3n) is 4.72. The van der Waals surface area contributed by atoms with Crippen LogP contribution in [-0.2, 0) is 16.4 Å². The first-order valence-electron chi connectivity index (χ1n) is 8.56. The summed E-state index contributed by atoms with van der Waals surface area (Å²) in [5, 5.41) is 5.71. The number of hydrogen-bond donors (Lipinski definition) is 2. The van der Waals surface area contributed by atoms with Crippen LogP contribution in [0, 0.1) is 0 Å². The van der Waals surface area contributed by atoms with Gasteiger partial charge in [0, 0.05) is 19.0 Å². The molecule has 0 aliphatic carbocycles. The van der Waals surface area contributed by atoms with E-state index in [1.165, 1.54) is 12.1 Å². The number of fused-ring (bicyclic) bond motifs is 1. The van der Waals surface area contributed by atoms with Crippen LogP contribution < -0.4 is 10.7 Å². The average molecular weight is 386 g/mol. The molecule has 0 fully saturated rings. The highest BCUT2D eigenvalue weighted by Gasteiger charge is 2.14. The Labute approximate surface area is 157 Å². The molecule has 0 bridgehead atoms. The summed E-state index contributed by atoms with van der Waals surface area (Å²) < 4.78 is 22.7. The molecular formula is C19H22N4O3S. The molecule has 8 heteroatoms. The second-order valence-corrected chi connectivity index (χ2v) is 8.11. The molecule has 7 nitrogen and oxygen atoms in total. The fourth-order valence-electron chi connectivity index (χ4n) is 2.92. The van der Waals surface area contributed by atoms with E-state index >= 15 is 0 Å². The number of nitrogens with one attached hydrogen (secondary N) is 1. The van der Waals surface area contributed by atoms with E-state index in [0.717, 1.165) is 5.56 Å². The first-order chi connectivity index (χ1) is 12.8. The number of aromatic amines is 1. The van der Waals surface area contributed by atoms with Crippen molar-refractivity contribution in [2.24, 2.45) is 5.14 Å². The van der Waals surface area contributed by atoms with Gasteiger partial charge in [-0.15, -0.1) is 0 Å². The van der Waals surface area contributed by atoms with Crippen LogP contribution in [0.5, 0.6) is 0 Å². The first-order valence-corrected chi connectivity index (χ1v) is 10.1. The molecule has 0 radical (unpaired) electrons. The summed E-state index contributed by atoms with van der Waals surface area (Å²) in [4.78, 5) is 21.7. The normalized spacial score (nSPS) is 13.2. The Balaban J connectivity index is 1.70. The molecule has 0 aliphatic heterocycles. The molecule has 27 heavy (non-hydrogen) atoms. The molecule has 0 spiro atoms. The Morgan fingerprint density at radius 2 is 1.81 bits per heavy atom. The van der Waals surface area contributed by atoms with Crippen molar-refractivity contribution in [1.29, 1.82) is 0 Å². The summed E-state index contributed by atoms with van der Waals surface area (Å²) in [5.74, 6) is 0.641. The Morgan fingerprint density at radius 1 is 1.15 bits per heavy atom. The van der Waals surface area contributed by atoms with Crippen molar-refractivity contribution in [3.05, 3.63) is 70.3 Å². The largest absolute Gasteiger partial charge is 0.310 e. The van der Waals surface area contributed by atoms with Crippen LogP contribution in [0.1, 0.15) is 24.4 Å². The predicted octanol–water partition coefficient (Wildman–Crippen LogP) is 1.81. The number of sulfonamides is 1. The van der Waals surface area contributed by atoms with Crippen LogP contribution in [0.15, 0.2) is 58.2 Å². The quantitative estimate of drug-likeness (QED) is 0.671. The minimum Gasteiger partial charge on any atom is -0.310 e. The maximum atomic E-state index is 12.1. The molecule has 1 aromatic heterocycles. The molecule has 0 saturated carbocycles. The number of aromatic nitrogens is 2. The molecule has 1 heterocycles. The van der Waals surface area contributed by atoms with Crippen molar-refractivity contribution >= 4 is 20.9 Å². The lowest BCUT2D eigenvalue weighted by molar-refractivity contribution is 0.263. The fraction of sp³-hybridized carbons (Fsp3) is 0.263. The van der Waals surface area contributed by atoms with Gasteiger partial charge in [0.1, 0.15) is 5.82 Å². The van der Waals surface area contributed by atoms with Crippen LogP contribution in [0.25, 0.3) is 10.9 Å². The summed E-state index contributed by atoms with van der Waals surface area (Å²) in [6.07, 6.45) is 0.593.